The minimum Gasteiger partial charge on any atom is -0.466 e. The van der Waals surface area contributed by atoms with Crippen molar-refractivity contribution in [3.8, 4) is 11.1 Å². The second-order valence-electron chi connectivity index (χ2n) is 4.56. The molecule has 2 aromatic rings. The molecule has 2 nitrogen and oxygen atoms in total. The quantitative estimate of drug-likeness (QED) is 0.796. The molecule has 20 heavy (non-hydrogen) atoms. The summed E-state index contributed by atoms with van der Waals surface area (Å²) in [7, 11) is 1.09. The van der Waals surface area contributed by atoms with Crippen molar-refractivity contribution >= 4 is 5.97 Å². The van der Waals surface area contributed by atoms with Crippen LogP contribution in [0.4, 0.5) is 8.78 Å². The van der Waals surface area contributed by atoms with Crippen molar-refractivity contribution in [2.75, 3.05) is 7.11 Å². The Hall–Kier alpha value is -2.23. The summed E-state index contributed by atoms with van der Waals surface area (Å²) in [6.07, 6.45) is 0. The molecule has 0 saturated heterocycles. The average molecular weight is 276 g/mol. The summed E-state index contributed by atoms with van der Waals surface area (Å²) in [6, 6.07) is 12.8. The Labute approximate surface area is 116 Å². The number of carbonyl (C=O) groups is 1. The van der Waals surface area contributed by atoms with E-state index in [-0.39, 0.29) is 5.56 Å². The highest BCUT2D eigenvalue weighted by Crippen LogP contribution is 2.31. The number of benzene rings is 2. The van der Waals surface area contributed by atoms with Gasteiger partial charge in [-0.15, -0.1) is 0 Å². The molecule has 0 heterocycles. The van der Waals surface area contributed by atoms with E-state index in [4.69, 9.17) is 0 Å². The van der Waals surface area contributed by atoms with Crippen LogP contribution in [0.15, 0.2) is 48.5 Å². The highest BCUT2D eigenvalue weighted by molar-refractivity contribution is 5.81. The average Bonchev–Trinajstić information content (AvgIpc) is 2.47. The molecular weight excluding hydrogens is 262 g/mol. The second-order valence-corrected chi connectivity index (χ2v) is 4.56. The Morgan fingerprint density at radius 3 is 2.35 bits per heavy atom. The third-order valence-electron chi connectivity index (χ3n) is 3.16. The summed E-state index contributed by atoms with van der Waals surface area (Å²) in [5, 5.41) is 0. The predicted octanol–water partition coefficient (Wildman–Crippen LogP) is 3.85. The molecule has 0 spiro atoms. The number of alkyl halides is 1. The maximum Gasteiger partial charge on any atom is 0.348 e. The topological polar surface area (TPSA) is 26.3 Å². The van der Waals surface area contributed by atoms with Crippen LogP contribution >= 0.6 is 0 Å². The number of halogens is 2. The van der Waals surface area contributed by atoms with Crippen LogP contribution in [0, 0.1) is 5.82 Å². The summed E-state index contributed by atoms with van der Waals surface area (Å²) < 4.78 is 32.8. The lowest BCUT2D eigenvalue weighted by atomic mass is 9.95. The van der Waals surface area contributed by atoms with Crippen molar-refractivity contribution in [3.05, 3.63) is 59.9 Å². The molecule has 0 aromatic heterocycles. The van der Waals surface area contributed by atoms with Crippen molar-refractivity contribution in [1.29, 1.82) is 0 Å². The summed E-state index contributed by atoms with van der Waals surface area (Å²) in [5.41, 5.74) is -1.39. The van der Waals surface area contributed by atoms with Crippen molar-refractivity contribution in [3.63, 3.8) is 0 Å². The lowest BCUT2D eigenvalue weighted by Gasteiger charge is -2.18. The molecule has 0 fully saturated rings. The summed E-state index contributed by atoms with van der Waals surface area (Å²) in [5.74, 6) is -1.63. The highest BCUT2D eigenvalue weighted by Gasteiger charge is 2.36. The van der Waals surface area contributed by atoms with E-state index in [1.165, 1.54) is 12.1 Å². The number of methoxy groups -OCH3 is 1. The maximum atomic E-state index is 14.3. The molecule has 1 atom stereocenters. The zero-order valence-corrected chi connectivity index (χ0v) is 11.2. The van der Waals surface area contributed by atoms with Gasteiger partial charge < -0.3 is 4.74 Å². The zero-order chi connectivity index (χ0) is 14.8. The van der Waals surface area contributed by atoms with Crippen LogP contribution in [0.2, 0.25) is 0 Å². The third kappa shape index (κ3) is 2.54. The monoisotopic (exact) mass is 276 g/mol. The van der Waals surface area contributed by atoms with Gasteiger partial charge in [-0.3, -0.25) is 0 Å². The minimum absolute atomic E-state index is 0.0680. The Morgan fingerprint density at radius 1 is 1.15 bits per heavy atom. The van der Waals surface area contributed by atoms with Crippen LogP contribution < -0.4 is 0 Å². The van der Waals surface area contributed by atoms with E-state index in [9.17, 15) is 13.6 Å². The van der Waals surface area contributed by atoms with E-state index in [2.05, 4.69) is 4.74 Å². The molecule has 0 bridgehead atoms. The molecule has 0 radical (unpaired) electrons. The smallest absolute Gasteiger partial charge is 0.348 e. The van der Waals surface area contributed by atoms with Gasteiger partial charge in [0.2, 0.25) is 5.67 Å². The summed E-state index contributed by atoms with van der Waals surface area (Å²) >= 11 is 0. The van der Waals surface area contributed by atoms with E-state index >= 15 is 0 Å². The molecule has 2 aromatic carbocycles. The summed E-state index contributed by atoms with van der Waals surface area (Å²) in [6.45, 7) is 1.05. The highest BCUT2D eigenvalue weighted by atomic mass is 19.1. The van der Waals surface area contributed by atoms with E-state index in [0.717, 1.165) is 20.1 Å². The number of carbonyl (C=O) groups excluding carboxylic acids is 1. The molecule has 0 aliphatic heterocycles. The van der Waals surface area contributed by atoms with E-state index in [1.54, 1.807) is 24.3 Å². The lowest BCUT2D eigenvalue weighted by molar-refractivity contribution is -0.154. The van der Waals surface area contributed by atoms with Crippen LogP contribution in [0.3, 0.4) is 0 Å². The number of hydrogen-bond donors (Lipinski definition) is 0. The number of hydrogen-bond acceptors (Lipinski definition) is 2. The van der Waals surface area contributed by atoms with Gasteiger partial charge in [-0.1, -0.05) is 42.5 Å². The molecule has 0 amide bonds. The molecule has 0 aliphatic carbocycles. The maximum absolute atomic E-state index is 14.3. The van der Waals surface area contributed by atoms with Crippen LogP contribution in [0.5, 0.6) is 0 Å². The first-order chi connectivity index (χ1) is 9.46. The third-order valence-corrected chi connectivity index (χ3v) is 3.16. The van der Waals surface area contributed by atoms with Gasteiger partial charge in [0.25, 0.3) is 0 Å². The van der Waals surface area contributed by atoms with Crippen LogP contribution in [-0.4, -0.2) is 13.1 Å². The fourth-order valence-corrected chi connectivity index (χ4v) is 1.97. The Morgan fingerprint density at radius 2 is 1.80 bits per heavy atom. The normalized spacial score (nSPS) is 13.6. The second kappa shape index (κ2) is 5.41. The predicted molar refractivity (Wildman–Crippen MR) is 72.3 cm³/mol. The van der Waals surface area contributed by atoms with Gasteiger partial charge in [-0.25, -0.2) is 13.6 Å². The lowest BCUT2D eigenvalue weighted by Crippen LogP contribution is -2.28. The first-order valence-corrected chi connectivity index (χ1v) is 6.09. The molecule has 104 valence electrons. The van der Waals surface area contributed by atoms with Crippen LogP contribution in [-0.2, 0) is 15.2 Å². The first kappa shape index (κ1) is 14.2. The van der Waals surface area contributed by atoms with Gasteiger partial charge in [0.1, 0.15) is 5.82 Å². The van der Waals surface area contributed by atoms with Gasteiger partial charge >= 0.3 is 5.97 Å². The fourth-order valence-electron chi connectivity index (χ4n) is 1.97. The van der Waals surface area contributed by atoms with E-state index < -0.39 is 17.5 Å². The molecule has 4 heteroatoms. The molecule has 0 unspecified atom stereocenters. The molecule has 0 saturated carbocycles. The Bertz CT molecular complexity index is 622. The Balaban J connectivity index is 2.43. The number of ether oxygens (including phenoxy) is 1. The van der Waals surface area contributed by atoms with Crippen molar-refractivity contribution < 1.29 is 18.3 Å². The van der Waals surface area contributed by atoms with Crippen LogP contribution in [0.25, 0.3) is 11.1 Å². The van der Waals surface area contributed by atoms with Gasteiger partial charge in [0.05, 0.1) is 7.11 Å². The van der Waals surface area contributed by atoms with E-state index in [0.29, 0.717) is 11.1 Å². The van der Waals surface area contributed by atoms with Crippen molar-refractivity contribution in [2.24, 2.45) is 0 Å². The molecule has 0 N–H and O–H groups in total. The van der Waals surface area contributed by atoms with Crippen molar-refractivity contribution in [1.82, 2.24) is 0 Å². The number of esters is 1. The largest absolute Gasteiger partial charge is 0.466 e. The van der Waals surface area contributed by atoms with Gasteiger partial charge in [0, 0.05) is 11.1 Å². The minimum atomic E-state index is -2.37. The van der Waals surface area contributed by atoms with Gasteiger partial charge in [-0.05, 0) is 18.6 Å². The van der Waals surface area contributed by atoms with Gasteiger partial charge in [-0.2, -0.15) is 0 Å². The molecule has 0 aliphatic rings. The summed E-state index contributed by atoms with van der Waals surface area (Å²) in [4.78, 5) is 11.4. The van der Waals surface area contributed by atoms with E-state index in [1.807, 2.05) is 6.07 Å². The van der Waals surface area contributed by atoms with Gasteiger partial charge in [0.15, 0.2) is 0 Å². The molecular formula is C16H14F2O2. The Kier molecular flexibility index (Phi) is 3.84. The standard InChI is InChI=1S/C16H14F2O2/c1-16(18,15(19)20-2)12-8-9-13(14(17)10-12)11-6-4-3-5-7-11/h3-10H,1-2H3/t16-/m1/s1. The zero-order valence-electron chi connectivity index (χ0n) is 11.2. The van der Waals surface area contributed by atoms with Crippen LogP contribution in [0.1, 0.15) is 12.5 Å². The number of rotatable bonds is 3. The molecule has 2 rings (SSSR count). The fraction of sp³-hybridized carbons (Fsp3) is 0.188. The first-order valence-electron chi connectivity index (χ1n) is 6.09. The SMILES string of the molecule is COC(=O)[C@](C)(F)c1ccc(-c2ccccc2)c(F)c1. The van der Waals surface area contributed by atoms with Crippen molar-refractivity contribution in [2.45, 2.75) is 12.6 Å².